The first-order valence-electron chi connectivity index (χ1n) is 18.3. The highest BCUT2D eigenvalue weighted by Crippen LogP contribution is 2.47. The number of ether oxygens (including phenoxy) is 2. The predicted molar refractivity (Wildman–Crippen MR) is 189 cm³/mol. The number of carbonyl (C=O) groups excluding carboxylic acids is 1. The van der Waals surface area contributed by atoms with Crippen LogP contribution in [0.2, 0.25) is 0 Å². The van der Waals surface area contributed by atoms with E-state index in [-0.39, 0.29) is 13.0 Å². The highest BCUT2D eigenvalue weighted by molar-refractivity contribution is 7.47. The number of allylic oxidation sites excluding steroid dienone is 6. The van der Waals surface area contributed by atoms with Crippen LogP contribution in [0.3, 0.4) is 0 Å². The van der Waals surface area contributed by atoms with Gasteiger partial charge in [-0.05, 0) is 44.9 Å². The van der Waals surface area contributed by atoms with Crippen molar-refractivity contribution in [3.05, 3.63) is 36.5 Å². The van der Waals surface area contributed by atoms with Crippen LogP contribution >= 0.6 is 7.82 Å². The Balaban J connectivity index is 2.53. The summed E-state index contributed by atoms with van der Waals surface area (Å²) < 4.78 is 33.8. The molecule has 0 aromatic rings. The highest BCUT2D eigenvalue weighted by Gasteiger charge is 2.51. The molecule has 0 bridgehead atoms. The maximum Gasteiger partial charge on any atom is 0.472 e. The van der Waals surface area contributed by atoms with Crippen LogP contribution in [0.15, 0.2) is 36.5 Å². The number of phosphoric acid groups is 1. The lowest BCUT2D eigenvalue weighted by Crippen LogP contribution is -2.64. The van der Waals surface area contributed by atoms with Gasteiger partial charge in [0.1, 0.15) is 42.7 Å². The third-order valence-corrected chi connectivity index (χ3v) is 9.26. The molecule has 1 fully saturated rings. The maximum atomic E-state index is 12.7. The molecule has 1 aliphatic rings. The van der Waals surface area contributed by atoms with Crippen molar-refractivity contribution in [1.29, 1.82) is 0 Å². The molecule has 0 aromatic carbocycles. The van der Waals surface area contributed by atoms with Gasteiger partial charge in [0.2, 0.25) is 0 Å². The molecule has 0 aromatic heterocycles. The fraction of sp³-hybridized carbons (Fsp3) is 0.806. The van der Waals surface area contributed by atoms with E-state index in [2.05, 4.69) is 50.3 Å². The molecule has 0 heterocycles. The molecule has 49 heavy (non-hydrogen) atoms. The van der Waals surface area contributed by atoms with Gasteiger partial charge in [0, 0.05) is 13.0 Å². The molecule has 1 rings (SSSR count). The van der Waals surface area contributed by atoms with E-state index in [0.717, 1.165) is 57.8 Å². The van der Waals surface area contributed by atoms with Crippen LogP contribution in [-0.4, -0.2) is 98.9 Å². The van der Waals surface area contributed by atoms with Gasteiger partial charge in [-0.2, -0.15) is 0 Å². The van der Waals surface area contributed by atoms with Crippen molar-refractivity contribution in [3.8, 4) is 0 Å². The van der Waals surface area contributed by atoms with Crippen molar-refractivity contribution >= 4 is 13.8 Å². The first kappa shape index (κ1) is 45.6. The van der Waals surface area contributed by atoms with Crippen LogP contribution in [0.4, 0.5) is 0 Å². The van der Waals surface area contributed by atoms with Gasteiger partial charge in [0.05, 0.1) is 13.2 Å². The number of hydrogen-bond donors (Lipinski definition) is 6. The lowest BCUT2D eigenvalue weighted by molar-refractivity contribution is -0.220. The molecule has 0 saturated heterocycles. The Morgan fingerprint density at radius 2 is 1.20 bits per heavy atom. The topological polar surface area (TPSA) is 192 Å². The second-order valence-corrected chi connectivity index (χ2v) is 14.1. The van der Waals surface area contributed by atoms with Crippen LogP contribution in [0.1, 0.15) is 123 Å². The maximum absolute atomic E-state index is 12.7. The van der Waals surface area contributed by atoms with Crippen molar-refractivity contribution in [2.45, 2.75) is 166 Å². The van der Waals surface area contributed by atoms with E-state index < -0.39 is 63.1 Å². The van der Waals surface area contributed by atoms with E-state index in [9.17, 15) is 39.8 Å². The molecule has 6 atom stereocenters. The number of phosphoric ester groups is 1. The molecule has 6 unspecified atom stereocenters. The molecular formula is C36H65O12P. The number of esters is 1. The van der Waals surface area contributed by atoms with Crippen LogP contribution in [0.5, 0.6) is 0 Å². The van der Waals surface area contributed by atoms with Gasteiger partial charge in [-0.15, -0.1) is 0 Å². The number of aliphatic hydroxyl groups is 5. The molecule has 0 radical (unpaired) electrons. The van der Waals surface area contributed by atoms with E-state index >= 15 is 0 Å². The monoisotopic (exact) mass is 720 g/mol. The SMILES string of the molecule is CC/C=C\C/C=C\C/C=C\CCCCCC(=O)OC(COCCCCCCCCCCC)COP(=O)(O)OC1C(O)C(O)C(O)C(O)C1O. The molecule has 0 aliphatic heterocycles. The molecule has 0 amide bonds. The number of rotatable bonds is 29. The zero-order chi connectivity index (χ0) is 36.3. The smallest absolute Gasteiger partial charge is 0.457 e. The third-order valence-electron chi connectivity index (χ3n) is 8.28. The molecule has 6 N–H and O–H groups in total. The van der Waals surface area contributed by atoms with Crippen molar-refractivity contribution in [3.63, 3.8) is 0 Å². The molecule has 1 aliphatic carbocycles. The molecule has 0 spiro atoms. The van der Waals surface area contributed by atoms with Crippen molar-refractivity contribution < 1.29 is 58.3 Å². The molecular weight excluding hydrogens is 655 g/mol. The number of unbranched alkanes of at least 4 members (excludes halogenated alkanes) is 11. The van der Waals surface area contributed by atoms with Gasteiger partial charge in [-0.25, -0.2) is 4.57 Å². The Labute approximate surface area is 293 Å². The first-order valence-corrected chi connectivity index (χ1v) is 19.8. The van der Waals surface area contributed by atoms with E-state index in [1.807, 2.05) is 0 Å². The summed E-state index contributed by atoms with van der Waals surface area (Å²) >= 11 is 0. The van der Waals surface area contributed by atoms with Gasteiger partial charge in [-0.1, -0.05) is 108 Å². The minimum atomic E-state index is -5.01. The number of hydrogen-bond acceptors (Lipinski definition) is 11. The van der Waals surface area contributed by atoms with E-state index in [1.54, 1.807) is 0 Å². The summed E-state index contributed by atoms with van der Waals surface area (Å²) in [5.74, 6) is -0.509. The zero-order valence-electron chi connectivity index (χ0n) is 29.7. The van der Waals surface area contributed by atoms with Crippen LogP contribution in [-0.2, 0) is 27.9 Å². The Hall–Kier alpha value is -1.44. The summed E-state index contributed by atoms with van der Waals surface area (Å²) in [7, 11) is -5.01. The molecule has 1 saturated carbocycles. The van der Waals surface area contributed by atoms with E-state index in [0.29, 0.717) is 13.0 Å². The number of aliphatic hydroxyl groups excluding tert-OH is 5. The lowest BCUT2D eigenvalue weighted by atomic mass is 9.85. The molecule has 12 nitrogen and oxygen atoms in total. The van der Waals surface area contributed by atoms with Gasteiger partial charge in [0.15, 0.2) is 0 Å². The van der Waals surface area contributed by atoms with E-state index in [1.165, 1.54) is 38.5 Å². The fourth-order valence-electron chi connectivity index (χ4n) is 5.31. The van der Waals surface area contributed by atoms with Gasteiger partial charge >= 0.3 is 13.8 Å². The quantitative estimate of drug-likeness (QED) is 0.0244. The van der Waals surface area contributed by atoms with Crippen molar-refractivity contribution in [1.82, 2.24) is 0 Å². The zero-order valence-corrected chi connectivity index (χ0v) is 30.6. The summed E-state index contributed by atoms with van der Waals surface area (Å²) in [6, 6.07) is 0. The first-order chi connectivity index (χ1) is 23.5. The summed E-state index contributed by atoms with van der Waals surface area (Å²) in [6.07, 6.45) is 16.7. The minimum Gasteiger partial charge on any atom is -0.457 e. The van der Waals surface area contributed by atoms with Gasteiger partial charge in [-0.3, -0.25) is 13.8 Å². The second-order valence-electron chi connectivity index (χ2n) is 12.7. The summed E-state index contributed by atoms with van der Waals surface area (Å²) in [4.78, 5) is 22.9. The van der Waals surface area contributed by atoms with Crippen LogP contribution in [0, 0.1) is 0 Å². The fourth-order valence-corrected chi connectivity index (χ4v) is 6.28. The summed E-state index contributed by atoms with van der Waals surface area (Å²) in [6.45, 7) is 4.05. The highest BCUT2D eigenvalue weighted by atomic mass is 31.2. The minimum absolute atomic E-state index is 0.0881. The second kappa shape index (κ2) is 28.2. The largest absolute Gasteiger partial charge is 0.472 e. The summed E-state index contributed by atoms with van der Waals surface area (Å²) in [5.41, 5.74) is 0. The number of carbonyl (C=O) groups is 1. The van der Waals surface area contributed by atoms with Crippen LogP contribution in [0.25, 0.3) is 0 Å². The average Bonchev–Trinajstić information content (AvgIpc) is 3.08. The van der Waals surface area contributed by atoms with Gasteiger partial charge < -0.3 is 39.9 Å². The normalized spacial score (nSPS) is 25.0. The Morgan fingerprint density at radius 1 is 0.673 bits per heavy atom. The molecule has 13 heteroatoms. The Kier molecular flexibility index (Phi) is 26.2. The van der Waals surface area contributed by atoms with E-state index in [4.69, 9.17) is 18.5 Å². The molecule has 286 valence electrons. The Bertz CT molecular complexity index is 958. The van der Waals surface area contributed by atoms with Crippen LogP contribution < -0.4 is 0 Å². The average molecular weight is 721 g/mol. The lowest BCUT2D eigenvalue weighted by Gasteiger charge is -2.41. The summed E-state index contributed by atoms with van der Waals surface area (Å²) in [5, 5.41) is 49.8. The third kappa shape index (κ3) is 21.5. The van der Waals surface area contributed by atoms with Crippen molar-refractivity contribution in [2.24, 2.45) is 0 Å². The van der Waals surface area contributed by atoms with Gasteiger partial charge in [0.25, 0.3) is 0 Å². The van der Waals surface area contributed by atoms with Crippen molar-refractivity contribution in [2.75, 3.05) is 19.8 Å². The Morgan fingerprint density at radius 3 is 1.82 bits per heavy atom. The predicted octanol–water partition coefficient (Wildman–Crippen LogP) is 5.58. The standard InChI is InChI=1S/C36H65O12P/c1-3-5-7-9-11-13-14-15-16-17-19-21-23-25-30(37)47-29(27-45-26-24-22-20-18-12-10-8-6-4-2)28-46-49(43,44)48-36-34(41)32(39)31(38)33(40)35(36)42/h5,7,11,13,15-16,29,31-36,38-42H,3-4,6,8-10,12,14,17-28H2,1-2H3,(H,43,44)/b7-5-,13-11-,16-15-.